The first-order valence-corrected chi connectivity index (χ1v) is 11.3. The second-order valence-corrected chi connectivity index (χ2v) is 8.38. The van der Waals surface area contributed by atoms with Crippen LogP contribution in [0, 0.1) is 0 Å². The Kier molecular flexibility index (Phi) is 9.67. The molecule has 1 aliphatic rings. The van der Waals surface area contributed by atoms with Crippen LogP contribution in [-0.4, -0.2) is 38.9 Å². The van der Waals surface area contributed by atoms with Crippen LogP contribution in [0.15, 0.2) is 41.2 Å². The van der Waals surface area contributed by atoms with Gasteiger partial charge in [0, 0.05) is 31.0 Å². The zero-order chi connectivity index (χ0) is 24.1. The van der Waals surface area contributed by atoms with Crippen molar-refractivity contribution in [2.24, 2.45) is 0 Å². The number of pyridine rings is 1. The van der Waals surface area contributed by atoms with E-state index < -0.39 is 12.1 Å². The number of aryl methyl sites for hydroxylation is 2. The number of aliphatic hydroxyl groups excluding tert-OH is 1. The van der Waals surface area contributed by atoms with Crippen molar-refractivity contribution in [2.75, 3.05) is 6.54 Å². The minimum absolute atomic E-state index is 0. The molecular formula is C26H33ClN2O5. The van der Waals surface area contributed by atoms with Crippen LogP contribution >= 0.6 is 12.4 Å². The second kappa shape index (κ2) is 12.0. The monoisotopic (exact) mass is 488 g/mol. The fraction of sp³-hybridized carbons (Fsp3) is 0.385. The molecule has 0 spiro atoms. The van der Waals surface area contributed by atoms with Crippen LogP contribution in [0.25, 0.3) is 10.9 Å². The van der Waals surface area contributed by atoms with Crippen LogP contribution in [0.2, 0.25) is 0 Å². The number of phenolic OH excluding ortho intramolecular Hbond substituents is 1. The number of aromatic amines is 1. The summed E-state index contributed by atoms with van der Waals surface area (Å²) in [5, 5.41) is 32.5. The minimum atomic E-state index is -0.833. The van der Waals surface area contributed by atoms with E-state index in [1.54, 1.807) is 12.1 Å². The Labute approximate surface area is 205 Å². The van der Waals surface area contributed by atoms with Gasteiger partial charge in [-0.2, -0.15) is 0 Å². The first-order chi connectivity index (χ1) is 15.7. The Morgan fingerprint density at radius 1 is 1.06 bits per heavy atom. The molecule has 1 atom stereocenters. The molecule has 3 aromatic rings. The highest BCUT2D eigenvalue weighted by molar-refractivity contribution is 5.87. The van der Waals surface area contributed by atoms with E-state index in [0.29, 0.717) is 29.1 Å². The summed E-state index contributed by atoms with van der Waals surface area (Å²) in [6.07, 6.45) is 3.33. The van der Waals surface area contributed by atoms with Crippen LogP contribution in [0.5, 0.6) is 5.75 Å². The molecule has 1 aromatic heterocycles. The number of nitrogens with one attached hydrogen (secondary N) is 2. The number of carbonyl (C=O) groups is 1. The lowest BCUT2D eigenvalue weighted by atomic mass is 9.96. The van der Waals surface area contributed by atoms with Crippen molar-refractivity contribution in [3.63, 3.8) is 0 Å². The predicted octanol–water partition coefficient (Wildman–Crippen LogP) is 3.66. The molecule has 0 aliphatic heterocycles. The fourth-order valence-electron chi connectivity index (χ4n) is 4.61. The van der Waals surface area contributed by atoms with Gasteiger partial charge in [-0.05, 0) is 65.6 Å². The summed E-state index contributed by atoms with van der Waals surface area (Å²) in [7, 11) is 0. The van der Waals surface area contributed by atoms with Gasteiger partial charge in [0.15, 0.2) is 0 Å². The van der Waals surface area contributed by atoms with Crippen molar-refractivity contribution in [1.82, 2.24) is 10.3 Å². The lowest BCUT2D eigenvalue weighted by Gasteiger charge is -2.18. The van der Waals surface area contributed by atoms with Crippen LogP contribution in [0.4, 0.5) is 0 Å². The Morgan fingerprint density at radius 2 is 1.62 bits per heavy atom. The highest BCUT2D eigenvalue weighted by Gasteiger charge is 2.26. The van der Waals surface area contributed by atoms with Crippen molar-refractivity contribution in [3.05, 3.63) is 74.6 Å². The van der Waals surface area contributed by atoms with Gasteiger partial charge in [-0.15, -0.1) is 12.4 Å². The maximum absolute atomic E-state index is 11.6. The Hall–Kier alpha value is -2.87. The molecule has 5 N–H and O–H groups in total. The largest absolute Gasteiger partial charge is 0.506 e. The third-order valence-electron chi connectivity index (χ3n) is 6.15. The summed E-state index contributed by atoms with van der Waals surface area (Å²) < 4.78 is 0. The van der Waals surface area contributed by atoms with E-state index in [9.17, 15) is 15.0 Å². The van der Waals surface area contributed by atoms with E-state index in [4.69, 9.17) is 9.90 Å². The van der Waals surface area contributed by atoms with E-state index in [0.717, 1.165) is 32.6 Å². The second-order valence-electron chi connectivity index (χ2n) is 8.38. The van der Waals surface area contributed by atoms with E-state index in [1.807, 2.05) is 0 Å². The zero-order valence-electron chi connectivity index (χ0n) is 19.7. The molecule has 0 amide bonds. The predicted molar refractivity (Wildman–Crippen MR) is 136 cm³/mol. The molecule has 2 aromatic carbocycles. The molecule has 0 saturated carbocycles. The number of halogens is 1. The molecular weight excluding hydrogens is 456 g/mol. The number of fused-ring (bicyclic) bond motifs is 2. The molecule has 0 saturated heterocycles. The van der Waals surface area contributed by atoms with Crippen LogP contribution in [0.3, 0.4) is 0 Å². The maximum Gasteiger partial charge on any atom is 0.300 e. The van der Waals surface area contributed by atoms with Gasteiger partial charge in [-0.1, -0.05) is 32.0 Å². The number of hydrogen-bond acceptors (Lipinski definition) is 5. The number of aromatic hydroxyl groups is 1. The number of carboxylic acids is 1. The lowest BCUT2D eigenvalue weighted by molar-refractivity contribution is -0.134. The van der Waals surface area contributed by atoms with Gasteiger partial charge >= 0.3 is 0 Å². The number of benzene rings is 2. The molecule has 184 valence electrons. The summed E-state index contributed by atoms with van der Waals surface area (Å²) >= 11 is 0. The van der Waals surface area contributed by atoms with E-state index >= 15 is 0 Å². The van der Waals surface area contributed by atoms with Crippen molar-refractivity contribution in [2.45, 2.75) is 58.6 Å². The summed E-state index contributed by atoms with van der Waals surface area (Å²) in [5.41, 5.74) is 6.59. The third-order valence-corrected chi connectivity index (χ3v) is 6.15. The van der Waals surface area contributed by atoms with Crippen LogP contribution in [-0.2, 0) is 30.5 Å². The molecule has 8 heteroatoms. The number of H-pyrrole nitrogens is 1. The van der Waals surface area contributed by atoms with Crippen LogP contribution < -0.4 is 10.9 Å². The van der Waals surface area contributed by atoms with E-state index in [2.05, 4.69) is 36.3 Å². The number of aromatic nitrogens is 1. The molecule has 34 heavy (non-hydrogen) atoms. The molecule has 0 unspecified atom stereocenters. The normalized spacial score (nSPS) is 13.5. The van der Waals surface area contributed by atoms with E-state index in [1.165, 1.54) is 34.4 Å². The zero-order valence-corrected chi connectivity index (χ0v) is 20.5. The summed E-state index contributed by atoms with van der Waals surface area (Å²) in [5.74, 6) is -0.827. The van der Waals surface area contributed by atoms with Crippen molar-refractivity contribution >= 4 is 29.3 Å². The van der Waals surface area contributed by atoms with Crippen molar-refractivity contribution < 1.29 is 20.1 Å². The molecule has 0 bridgehead atoms. The lowest BCUT2D eigenvalue weighted by Crippen LogP contribution is -2.33. The van der Waals surface area contributed by atoms with Gasteiger partial charge in [-0.3, -0.25) is 9.59 Å². The minimum Gasteiger partial charge on any atom is -0.506 e. The molecule has 1 heterocycles. The SMILES string of the molecule is CC(=O)O.CCc1ccc(CC)c2c1CC(NC[C@@H](O)c1ccc(O)c3[nH]c(=O)ccc13)C2.Cl. The molecule has 4 rings (SSSR count). The third kappa shape index (κ3) is 6.17. The highest BCUT2D eigenvalue weighted by Crippen LogP contribution is 2.31. The number of aliphatic carboxylic acids is 1. The Morgan fingerprint density at radius 3 is 2.15 bits per heavy atom. The summed E-state index contributed by atoms with van der Waals surface area (Å²) in [4.78, 5) is 23.2. The van der Waals surface area contributed by atoms with Crippen molar-refractivity contribution in [1.29, 1.82) is 0 Å². The highest BCUT2D eigenvalue weighted by atomic mass is 35.5. The van der Waals surface area contributed by atoms with Gasteiger partial charge in [-0.25, -0.2) is 0 Å². The fourth-order valence-corrected chi connectivity index (χ4v) is 4.61. The van der Waals surface area contributed by atoms with Crippen molar-refractivity contribution in [3.8, 4) is 5.75 Å². The first-order valence-electron chi connectivity index (χ1n) is 11.3. The smallest absolute Gasteiger partial charge is 0.300 e. The molecule has 0 radical (unpaired) electrons. The standard InChI is InChI=1S/C24H28N2O3.C2H4O2.ClH/c1-3-14-5-6-15(4-2)20-12-16(11-19(14)20)25-13-22(28)17-7-9-21(27)24-18(17)8-10-23(29)26-24;1-2(3)4;/h5-10,16,22,25,27-28H,3-4,11-13H2,1-2H3,(H,26,29);1H3,(H,3,4);1H/t22-;;/m1../s1. The average molecular weight is 489 g/mol. The van der Waals surface area contributed by atoms with Gasteiger partial charge < -0.3 is 25.6 Å². The number of phenols is 1. The molecule has 7 nitrogen and oxygen atoms in total. The average Bonchev–Trinajstić information content (AvgIpc) is 3.21. The topological polar surface area (TPSA) is 123 Å². The quantitative estimate of drug-likeness (QED) is 0.361. The first kappa shape index (κ1) is 27.4. The van der Waals surface area contributed by atoms with Gasteiger partial charge in [0.1, 0.15) is 5.75 Å². The molecule has 1 aliphatic carbocycles. The van der Waals surface area contributed by atoms with Gasteiger partial charge in [0.25, 0.3) is 5.97 Å². The van der Waals surface area contributed by atoms with Gasteiger partial charge in [0.05, 0.1) is 11.6 Å². The number of aliphatic hydroxyl groups is 1. The number of carboxylic acid groups (broad SMARTS) is 1. The Bertz CT molecular complexity index is 1170. The number of hydrogen-bond donors (Lipinski definition) is 5. The number of rotatable bonds is 6. The van der Waals surface area contributed by atoms with E-state index in [-0.39, 0.29) is 23.7 Å². The molecule has 0 fully saturated rings. The Balaban J connectivity index is 0.000000758. The summed E-state index contributed by atoms with van der Waals surface area (Å²) in [6, 6.07) is 11.1. The summed E-state index contributed by atoms with van der Waals surface area (Å²) in [6.45, 7) is 5.90. The van der Waals surface area contributed by atoms with Gasteiger partial charge in [0.2, 0.25) is 5.56 Å². The van der Waals surface area contributed by atoms with Crippen LogP contribution in [0.1, 0.15) is 54.7 Å². The maximum atomic E-state index is 11.6.